The van der Waals surface area contributed by atoms with E-state index in [0.29, 0.717) is 0 Å². The quantitative estimate of drug-likeness (QED) is 0.0606. The molecule has 1 radical (unpaired) electrons. The number of carbonyl (C=O) groups is 6. The zero-order valence-corrected chi connectivity index (χ0v) is 32.7. The van der Waals surface area contributed by atoms with Gasteiger partial charge >= 0.3 is 56.7 Å². The fourth-order valence-electron chi connectivity index (χ4n) is 3.99. The molecule has 0 fully saturated rings. The maximum atomic E-state index is 11.8. The molecule has 0 N–H and O–H groups in total. The largest absolute Gasteiger partial charge is 3.00 e. The molecule has 5 aromatic heterocycles. The number of ketones is 6. The molecule has 0 amide bonds. The van der Waals surface area contributed by atoms with Crippen molar-refractivity contribution in [2.24, 2.45) is 0 Å². The molecule has 0 aliphatic carbocycles. The Kier molecular flexibility index (Phi) is 19.0. The van der Waals surface area contributed by atoms with Gasteiger partial charge in [-0.3, -0.25) is 38.7 Å². The summed E-state index contributed by atoms with van der Waals surface area (Å²) in [4.78, 5) is 73.6. The molecule has 21 heteroatoms. The molecule has 0 unspecified atom stereocenters. The van der Waals surface area contributed by atoms with Crippen LogP contribution in [0, 0.1) is 38.2 Å². The van der Waals surface area contributed by atoms with E-state index in [1.165, 1.54) is 36.4 Å². The standard InChI is InChI=1S/C12H8N2.3C8H5F3O2S.Dy/c1-3-9-5-6-10-4-2-8-14-12(10)11(9)13-7-1;3*9-8(10,11)7(13)4-5(12)6-2-1-3-14-6;/h1-8H;3*1-3H,4H2;/q;;;;+3. The van der Waals surface area contributed by atoms with Crippen LogP contribution in [0.15, 0.2) is 101 Å². The molecule has 0 aliphatic heterocycles. The second-order valence-electron chi connectivity index (χ2n) is 10.7. The molecule has 5 heterocycles. The number of rotatable bonds is 9. The third-order valence-corrected chi connectivity index (χ3v) is 9.38. The molecule has 0 aliphatic rings. The molecule has 0 atom stereocenters. The summed E-state index contributed by atoms with van der Waals surface area (Å²) in [6.45, 7) is 0. The molecular weight excluding hydrogens is 986 g/mol. The molecule has 0 spiro atoms. The van der Waals surface area contributed by atoms with Crippen LogP contribution in [0.5, 0.6) is 0 Å². The number of thiophene rings is 3. The fraction of sp³-hybridized carbons (Fsp3) is 0.167. The van der Waals surface area contributed by atoms with Crippen molar-refractivity contribution in [2.75, 3.05) is 0 Å². The number of pyridine rings is 2. The molecule has 57 heavy (non-hydrogen) atoms. The molecule has 0 saturated heterocycles. The monoisotopic (exact) mass is 1010 g/mol. The molecule has 0 bridgehead atoms. The zero-order valence-electron chi connectivity index (χ0n) is 28.2. The van der Waals surface area contributed by atoms with Crippen LogP contribution in [0.3, 0.4) is 0 Å². The van der Waals surface area contributed by atoms with Crippen LogP contribution in [-0.2, 0) is 14.4 Å². The van der Waals surface area contributed by atoms with Crippen LogP contribution in [0.4, 0.5) is 39.5 Å². The van der Waals surface area contributed by atoms with Gasteiger partial charge in [0.1, 0.15) is 0 Å². The summed E-state index contributed by atoms with van der Waals surface area (Å²) in [5.74, 6) is -8.38. The van der Waals surface area contributed by atoms with Crippen molar-refractivity contribution in [3.63, 3.8) is 0 Å². The van der Waals surface area contributed by atoms with E-state index >= 15 is 0 Å². The Labute approximate surface area is 358 Å². The van der Waals surface area contributed by atoms with Gasteiger partial charge in [0.05, 0.1) is 44.9 Å². The number of benzene rings is 1. The van der Waals surface area contributed by atoms with Gasteiger partial charge in [0, 0.05) is 23.2 Å². The number of Topliss-reactive ketones (excluding diaryl/α,β-unsaturated/α-hetero) is 6. The third-order valence-electron chi connectivity index (χ3n) is 6.64. The summed E-state index contributed by atoms with van der Waals surface area (Å²) < 4.78 is 106. The number of fused-ring (bicyclic) bond motifs is 3. The first kappa shape index (κ1) is 49.0. The Morgan fingerprint density at radius 1 is 0.439 bits per heavy atom. The van der Waals surface area contributed by atoms with Crippen molar-refractivity contribution in [3.8, 4) is 0 Å². The SMILES string of the molecule is O=C(CC(=O)C(F)(F)F)c1cccs1.O=C(CC(=O)C(F)(F)F)c1cccs1.O=C(CC(=O)C(F)(F)F)c1cccs1.[Dy+3].c1cnc2c(c1)ccc1cccnc12. The number of aromatic nitrogens is 2. The number of alkyl halides is 9. The fourth-order valence-corrected chi connectivity index (χ4v) is 5.98. The summed E-state index contributed by atoms with van der Waals surface area (Å²) in [6.07, 6.45) is -14.5. The molecular formula is C36H23DyF9N2O6S3+3. The Morgan fingerprint density at radius 2 is 0.719 bits per heavy atom. The summed E-state index contributed by atoms with van der Waals surface area (Å²) >= 11 is 3.04. The first-order valence-corrected chi connectivity index (χ1v) is 17.9. The van der Waals surface area contributed by atoms with Gasteiger partial charge in [0.2, 0.25) is 17.3 Å². The summed E-state index contributed by atoms with van der Waals surface area (Å²) in [7, 11) is 0. The predicted molar refractivity (Wildman–Crippen MR) is 190 cm³/mol. The van der Waals surface area contributed by atoms with Gasteiger partial charge in [-0.1, -0.05) is 42.5 Å². The Morgan fingerprint density at radius 3 is 0.947 bits per heavy atom. The molecule has 6 rings (SSSR count). The molecule has 301 valence electrons. The average molecular weight is 1010 g/mol. The molecule has 6 aromatic rings. The van der Waals surface area contributed by atoms with E-state index < -0.39 is 72.5 Å². The predicted octanol–water partition coefficient (Wildman–Crippen LogP) is 10.1. The summed E-state index contributed by atoms with van der Waals surface area (Å²) in [6, 6.07) is 20.9. The number of hydrogen-bond donors (Lipinski definition) is 0. The van der Waals surface area contributed by atoms with Crippen LogP contribution in [0.2, 0.25) is 0 Å². The van der Waals surface area contributed by atoms with E-state index in [1.807, 2.05) is 12.1 Å². The van der Waals surface area contributed by atoms with Crippen molar-refractivity contribution in [1.29, 1.82) is 0 Å². The van der Waals surface area contributed by atoms with Crippen LogP contribution < -0.4 is 0 Å². The Balaban J connectivity index is 0.000000261. The number of hydrogen-bond acceptors (Lipinski definition) is 11. The van der Waals surface area contributed by atoms with Crippen LogP contribution in [0.1, 0.15) is 48.3 Å². The number of carbonyl (C=O) groups excluding carboxylic acids is 6. The van der Waals surface area contributed by atoms with Gasteiger partial charge in [0.25, 0.3) is 0 Å². The molecule has 1 aromatic carbocycles. The van der Waals surface area contributed by atoms with Gasteiger partial charge in [-0.15, -0.1) is 34.0 Å². The van der Waals surface area contributed by atoms with Crippen molar-refractivity contribution in [2.45, 2.75) is 37.8 Å². The zero-order chi connectivity index (χ0) is 41.7. The van der Waals surface area contributed by atoms with Gasteiger partial charge in [0.15, 0.2) is 17.3 Å². The van der Waals surface area contributed by atoms with Crippen molar-refractivity contribution in [1.82, 2.24) is 9.97 Å². The first-order chi connectivity index (χ1) is 26.2. The van der Waals surface area contributed by atoms with E-state index in [1.54, 1.807) is 28.5 Å². The third kappa shape index (κ3) is 15.9. The van der Waals surface area contributed by atoms with E-state index in [2.05, 4.69) is 34.2 Å². The maximum Gasteiger partial charge on any atom is 3.00 e. The number of nitrogens with zero attached hydrogens (tertiary/aromatic N) is 2. The van der Waals surface area contributed by atoms with Crippen LogP contribution in [0.25, 0.3) is 21.8 Å². The Hall–Kier alpha value is -4.20. The first-order valence-electron chi connectivity index (χ1n) is 15.3. The van der Waals surface area contributed by atoms with E-state index in [9.17, 15) is 68.3 Å². The normalized spacial score (nSPS) is 11.0. The van der Waals surface area contributed by atoms with Crippen LogP contribution >= 0.6 is 34.0 Å². The second kappa shape index (κ2) is 22.1. The second-order valence-corrected chi connectivity index (χ2v) is 13.6. The minimum Gasteiger partial charge on any atom is -0.293 e. The minimum atomic E-state index is -4.92. The summed E-state index contributed by atoms with van der Waals surface area (Å²) in [5, 5.41) is 6.96. The van der Waals surface area contributed by atoms with Gasteiger partial charge in [-0.2, -0.15) is 39.5 Å². The average Bonchev–Trinajstić information content (AvgIpc) is 3.96. The van der Waals surface area contributed by atoms with E-state index in [0.717, 1.165) is 55.8 Å². The van der Waals surface area contributed by atoms with E-state index in [-0.39, 0.29) is 52.8 Å². The van der Waals surface area contributed by atoms with Crippen molar-refractivity contribution in [3.05, 3.63) is 116 Å². The van der Waals surface area contributed by atoms with Gasteiger partial charge in [-0.25, -0.2) is 0 Å². The Bertz CT molecular complexity index is 2050. The van der Waals surface area contributed by atoms with Crippen molar-refractivity contribution >= 4 is 90.5 Å². The minimum absolute atomic E-state index is 0. The maximum absolute atomic E-state index is 11.8. The molecule has 8 nitrogen and oxygen atoms in total. The number of halogens is 9. The summed E-state index contributed by atoms with van der Waals surface area (Å²) in [5.41, 5.74) is 1.95. The van der Waals surface area contributed by atoms with Gasteiger partial charge in [-0.05, 0) is 46.5 Å². The molecule has 0 saturated carbocycles. The van der Waals surface area contributed by atoms with Crippen LogP contribution in [-0.4, -0.2) is 63.2 Å². The van der Waals surface area contributed by atoms with E-state index in [4.69, 9.17) is 0 Å². The van der Waals surface area contributed by atoms with Gasteiger partial charge < -0.3 is 0 Å². The van der Waals surface area contributed by atoms with Crippen molar-refractivity contribution < 1.29 is 106 Å². The smallest absolute Gasteiger partial charge is 0.293 e. The topological polar surface area (TPSA) is 128 Å².